The first-order chi connectivity index (χ1) is 11.6. The molecule has 0 N–H and O–H groups in total. The van der Waals surface area contributed by atoms with E-state index in [2.05, 4.69) is 50.3 Å². The molecule has 130 valence electrons. The van der Waals surface area contributed by atoms with Crippen LogP contribution in [-0.4, -0.2) is 40.1 Å². The number of aromatic nitrogens is 3. The number of thiophene rings is 1. The van der Waals surface area contributed by atoms with Gasteiger partial charge in [0.25, 0.3) is 0 Å². The fourth-order valence-electron chi connectivity index (χ4n) is 3.64. The van der Waals surface area contributed by atoms with E-state index in [-0.39, 0.29) is 18.3 Å². The molecule has 2 aromatic rings. The minimum Gasteiger partial charge on any atom is -0.367 e. The third kappa shape index (κ3) is 2.96. The molecule has 7 heteroatoms. The van der Waals surface area contributed by atoms with Gasteiger partial charge >= 0.3 is 0 Å². The van der Waals surface area contributed by atoms with Crippen LogP contribution in [-0.2, 0) is 16.5 Å². The van der Waals surface area contributed by atoms with Crippen LogP contribution < -0.4 is 4.90 Å². The summed E-state index contributed by atoms with van der Waals surface area (Å²) < 4.78 is 14.2. The molecule has 4 atom stereocenters. The molecule has 2 aliphatic rings. The maximum atomic E-state index is 6.13. The number of hydrogen-bond donors (Lipinski definition) is 0. The van der Waals surface area contributed by atoms with Crippen molar-refractivity contribution in [3.63, 3.8) is 0 Å². The lowest BCUT2D eigenvalue weighted by atomic mass is 10.1. The van der Waals surface area contributed by atoms with E-state index in [1.165, 1.54) is 5.56 Å². The van der Waals surface area contributed by atoms with E-state index in [1.807, 2.05) is 7.05 Å². The second-order valence-electron chi connectivity index (χ2n) is 6.83. The van der Waals surface area contributed by atoms with Crippen molar-refractivity contribution < 1.29 is 9.47 Å². The predicted octanol–water partition coefficient (Wildman–Crippen LogP) is 3.08. The number of ether oxygens (including phenoxy) is 2. The van der Waals surface area contributed by atoms with E-state index < -0.39 is 0 Å². The monoisotopic (exact) mass is 348 g/mol. The number of anilines is 1. The molecule has 0 radical (unpaired) electrons. The summed E-state index contributed by atoms with van der Waals surface area (Å²) in [7, 11) is 2.04. The molecule has 4 rings (SSSR count). The highest BCUT2D eigenvalue weighted by atomic mass is 32.1. The van der Waals surface area contributed by atoms with Crippen LogP contribution in [0.25, 0.3) is 0 Å². The molecule has 2 fully saturated rings. The highest BCUT2D eigenvalue weighted by Gasteiger charge is 2.32. The molecule has 24 heavy (non-hydrogen) atoms. The Balaban J connectivity index is 1.55. The van der Waals surface area contributed by atoms with E-state index >= 15 is 0 Å². The molecular weight excluding hydrogens is 324 g/mol. The minimum absolute atomic E-state index is 0.0670. The van der Waals surface area contributed by atoms with Crippen LogP contribution in [0.1, 0.15) is 50.3 Å². The van der Waals surface area contributed by atoms with E-state index in [0.29, 0.717) is 6.10 Å². The zero-order valence-corrected chi connectivity index (χ0v) is 15.2. The Morgan fingerprint density at radius 3 is 2.62 bits per heavy atom. The molecule has 0 saturated carbocycles. The van der Waals surface area contributed by atoms with Crippen molar-refractivity contribution in [3.8, 4) is 0 Å². The summed E-state index contributed by atoms with van der Waals surface area (Å²) >= 11 is 1.71. The van der Waals surface area contributed by atoms with Crippen molar-refractivity contribution >= 4 is 17.3 Å². The molecule has 0 amide bonds. The van der Waals surface area contributed by atoms with Gasteiger partial charge in [-0.15, -0.1) is 10.2 Å². The van der Waals surface area contributed by atoms with Gasteiger partial charge < -0.3 is 14.4 Å². The Morgan fingerprint density at radius 1 is 1.08 bits per heavy atom. The first-order valence-electron chi connectivity index (χ1n) is 8.59. The third-order valence-corrected chi connectivity index (χ3v) is 5.57. The Morgan fingerprint density at radius 2 is 1.92 bits per heavy atom. The number of hydrogen-bond acceptors (Lipinski definition) is 6. The van der Waals surface area contributed by atoms with Gasteiger partial charge in [-0.2, -0.15) is 11.3 Å². The number of rotatable bonds is 3. The van der Waals surface area contributed by atoms with Crippen LogP contribution in [0, 0.1) is 0 Å². The second-order valence-corrected chi connectivity index (χ2v) is 7.61. The Bertz CT molecular complexity index is 687. The van der Waals surface area contributed by atoms with Crippen molar-refractivity contribution in [2.24, 2.45) is 7.05 Å². The van der Waals surface area contributed by atoms with Crippen LogP contribution in [0.3, 0.4) is 0 Å². The molecule has 6 nitrogen and oxygen atoms in total. The molecule has 0 bridgehead atoms. The molecule has 2 unspecified atom stereocenters. The van der Waals surface area contributed by atoms with E-state index in [0.717, 1.165) is 37.7 Å². The summed E-state index contributed by atoms with van der Waals surface area (Å²) in [5, 5.41) is 13.2. The normalized spacial score (nSPS) is 30.9. The van der Waals surface area contributed by atoms with Gasteiger partial charge in [0.05, 0.1) is 18.8 Å². The highest BCUT2D eigenvalue weighted by Crippen LogP contribution is 2.34. The van der Waals surface area contributed by atoms with Crippen molar-refractivity contribution in [3.05, 3.63) is 28.2 Å². The highest BCUT2D eigenvalue weighted by molar-refractivity contribution is 7.07. The summed E-state index contributed by atoms with van der Waals surface area (Å²) in [6.45, 7) is 5.86. The average Bonchev–Trinajstić information content (AvgIpc) is 3.27. The van der Waals surface area contributed by atoms with Crippen LogP contribution in [0.15, 0.2) is 16.8 Å². The lowest BCUT2D eigenvalue weighted by Gasteiger charge is -2.37. The summed E-state index contributed by atoms with van der Waals surface area (Å²) in [5.41, 5.74) is 1.24. The smallest absolute Gasteiger partial charge is 0.227 e. The minimum atomic E-state index is 0.0670. The quantitative estimate of drug-likeness (QED) is 0.853. The van der Waals surface area contributed by atoms with Crippen molar-refractivity contribution in [2.75, 3.05) is 18.0 Å². The standard InChI is InChI=1S/C17H24N4O2S/c1-11-4-5-14(22-11)16-18-19-17(20(16)3)21-8-12(2)23-15(9-21)13-6-7-24-10-13/h6-7,10-12,14-15H,4-5,8-9H2,1-3H3/t11-,12?,14-,15?/m0/s1. The maximum Gasteiger partial charge on any atom is 0.227 e. The third-order valence-electron chi connectivity index (χ3n) is 4.86. The molecule has 0 aliphatic carbocycles. The van der Waals surface area contributed by atoms with Gasteiger partial charge in [-0.3, -0.25) is 4.57 Å². The van der Waals surface area contributed by atoms with Gasteiger partial charge in [0, 0.05) is 13.6 Å². The Hall–Kier alpha value is -1.44. The van der Waals surface area contributed by atoms with Crippen molar-refractivity contribution in [2.45, 2.75) is 51.1 Å². The molecule has 0 spiro atoms. The summed E-state index contributed by atoms with van der Waals surface area (Å²) in [4.78, 5) is 2.28. The van der Waals surface area contributed by atoms with Crippen molar-refractivity contribution in [1.29, 1.82) is 0 Å². The van der Waals surface area contributed by atoms with Crippen molar-refractivity contribution in [1.82, 2.24) is 14.8 Å². The van der Waals surface area contributed by atoms with Crippen LogP contribution in [0.5, 0.6) is 0 Å². The van der Waals surface area contributed by atoms with Gasteiger partial charge in [0.15, 0.2) is 5.82 Å². The van der Waals surface area contributed by atoms with Crippen LogP contribution >= 0.6 is 11.3 Å². The molecule has 4 heterocycles. The van der Waals surface area contributed by atoms with Crippen LogP contribution in [0.2, 0.25) is 0 Å². The molecular formula is C17H24N4O2S. The topological polar surface area (TPSA) is 52.4 Å². The maximum absolute atomic E-state index is 6.13. The number of morpholine rings is 1. The van der Waals surface area contributed by atoms with E-state index in [4.69, 9.17) is 9.47 Å². The average molecular weight is 348 g/mol. The van der Waals surface area contributed by atoms with Gasteiger partial charge in [0.2, 0.25) is 5.95 Å². The SMILES string of the molecule is CC1CN(c2nnc([C@@H]3CC[C@H](C)O3)n2C)CC(c2ccsc2)O1. The van der Waals surface area contributed by atoms with E-state index in [1.54, 1.807) is 11.3 Å². The van der Waals surface area contributed by atoms with Gasteiger partial charge in [-0.05, 0) is 49.1 Å². The fraction of sp³-hybridized carbons (Fsp3) is 0.647. The Labute approximate surface area is 146 Å². The molecule has 2 saturated heterocycles. The predicted molar refractivity (Wildman–Crippen MR) is 93.3 cm³/mol. The zero-order chi connectivity index (χ0) is 16.7. The molecule has 2 aromatic heterocycles. The summed E-state index contributed by atoms with van der Waals surface area (Å²) in [6, 6.07) is 2.14. The van der Waals surface area contributed by atoms with E-state index in [9.17, 15) is 0 Å². The fourth-order valence-corrected chi connectivity index (χ4v) is 4.34. The first-order valence-corrected chi connectivity index (χ1v) is 9.53. The molecule has 2 aliphatic heterocycles. The summed E-state index contributed by atoms with van der Waals surface area (Å²) in [5.74, 6) is 1.84. The number of nitrogens with zero attached hydrogens (tertiary/aromatic N) is 4. The lowest BCUT2D eigenvalue weighted by molar-refractivity contribution is -0.0178. The van der Waals surface area contributed by atoms with Gasteiger partial charge in [0.1, 0.15) is 12.2 Å². The lowest BCUT2D eigenvalue weighted by Crippen LogP contribution is -2.44. The second kappa shape index (κ2) is 6.46. The Kier molecular flexibility index (Phi) is 4.32. The zero-order valence-electron chi connectivity index (χ0n) is 14.4. The van der Waals surface area contributed by atoms with Crippen LogP contribution in [0.4, 0.5) is 5.95 Å². The first kappa shape index (κ1) is 16.1. The molecule has 0 aromatic carbocycles. The van der Waals surface area contributed by atoms with Gasteiger partial charge in [-0.25, -0.2) is 0 Å². The van der Waals surface area contributed by atoms with Gasteiger partial charge in [-0.1, -0.05) is 0 Å². The summed E-state index contributed by atoms with van der Waals surface area (Å²) in [6.07, 6.45) is 2.72. The largest absolute Gasteiger partial charge is 0.367 e.